The van der Waals surface area contributed by atoms with Crippen molar-refractivity contribution in [3.05, 3.63) is 98.7 Å². The molecule has 5 aromatic rings. The first-order valence-corrected chi connectivity index (χ1v) is 29.5. The number of hydrogen-bond donors (Lipinski definition) is 5. The van der Waals surface area contributed by atoms with Gasteiger partial charge in [-0.05, 0) is 107 Å². The van der Waals surface area contributed by atoms with E-state index in [0.29, 0.717) is 54.9 Å². The number of halogens is 2. The molecule has 5 N–H and O–H groups in total. The van der Waals surface area contributed by atoms with Crippen LogP contribution < -0.4 is 50.6 Å². The van der Waals surface area contributed by atoms with Crippen LogP contribution in [0.4, 0.5) is 33.5 Å². The Morgan fingerprint density at radius 1 is 0.827 bits per heavy atom. The van der Waals surface area contributed by atoms with Crippen LogP contribution in [-0.2, 0) is 14.4 Å². The second-order valence-electron chi connectivity index (χ2n) is 20.6. The Kier molecular flexibility index (Phi) is 21.8. The fraction of sp³-hybridized carbons (Fsp3) is 0.483. The number of nitrogens with one attached hydrogen (secondary N) is 5. The van der Waals surface area contributed by atoms with E-state index in [1.165, 1.54) is 42.8 Å². The van der Waals surface area contributed by atoms with Crippen molar-refractivity contribution < 1.29 is 38.2 Å². The average molecular weight is 1170 g/mol. The summed E-state index contributed by atoms with van der Waals surface area (Å²) >= 11 is 14.3. The molecular weight excluding hydrogens is 1100 g/mol. The number of nitrogens with zero attached hydrogens (tertiary/aromatic N) is 7. The zero-order valence-corrected chi connectivity index (χ0v) is 49.1. The molecule has 434 valence electrons. The van der Waals surface area contributed by atoms with Crippen LogP contribution in [0.2, 0.25) is 10.0 Å². The maximum Gasteiger partial charge on any atom is 0.327 e. The second-order valence-corrected chi connectivity index (χ2v) is 22.2. The monoisotopic (exact) mass is 1170 g/mol. The molecule has 0 unspecified atom stereocenters. The Labute approximate surface area is 488 Å². The molecule has 0 spiro atoms. The van der Waals surface area contributed by atoms with Crippen LogP contribution in [0.1, 0.15) is 105 Å². The van der Waals surface area contributed by atoms with E-state index in [9.17, 15) is 24.0 Å². The van der Waals surface area contributed by atoms with E-state index in [1.807, 2.05) is 41.3 Å². The van der Waals surface area contributed by atoms with Crippen molar-refractivity contribution in [2.75, 3.05) is 101 Å². The summed E-state index contributed by atoms with van der Waals surface area (Å²) in [5.74, 6) is 1.78. The largest absolute Gasteiger partial charge is 0.495 e. The lowest BCUT2D eigenvalue weighted by Gasteiger charge is -2.35. The number of amides is 5. The molecule has 0 radical (unpaired) electrons. The third-order valence-corrected chi connectivity index (χ3v) is 16.9. The number of benzene rings is 3. The fourth-order valence-corrected chi connectivity index (χ4v) is 11.9. The van der Waals surface area contributed by atoms with Crippen molar-refractivity contribution in [2.24, 2.45) is 5.92 Å². The van der Waals surface area contributed by atoms with Gasteiger partial charge in [-0.2, -0.15) is 0 Å². The van der Waals surface area contributed by atoms with Gasteiger partial charge < -0.3 is 50.6 Å². The van der Waals surface area contributed by atoms with Crippen molar-refractivity contribution in [2.45, 2.75) is 95.7 Å². The van der Waals surface area contributed by atoms with E-state index in [0.717, 1.165) is 113 Å². The molecule has 2 aromatic heterocycles. The Morgan fingerprint density at radius 3 is 2.22 bits per heavy atom. The summed E-state index contributed by atoms with van der Waals surface area (Å²) in [6.45, 7) is 7.01. The molecular formula is C58H74Cl2N12O8S. The minimum Gasteiger partial charge on any atom is -0.495 e. The van der Waals surface area contributed by atoms with Gasteiger partial charge in [0.05, 0.1) is 45.1 Å². The highest BCUT2D eigenvalue weighted by molar-refractivity contribution is 7.10. The molecule has 3 atom stereocenters. The summed E-state index contributed by atoms with van der Waals surface area (Å²) in [6, 6.07) is 16.6. The molecule has 1 saturated carbocycles. The number of methoxy groups -OCH3 is 2. The third kappa shape index (κ3) is 15.8. The van der Waals surface area contributed by atoms with Gasteiger partial charge in [0.2, 0.25) is 23.5 Å². The maximum absolute atomic E-state index is 14.2. The van der Waals surface area contributed by atoms with Gasteiger partial charge in [0.1, 0.15) is 62.0 Å². The lowest BCUT2D eigenvalue weighted by atomic mass is 9.83. The van der Waals surface area contributed by atoms with E-state index in [1.54, 1.807) is 44.6 Å². The molecule has 81 heavy (non-hydrogen) atoms. The average Bonchev–Trinajstić information content (AvgIpc) is 4.40. The summed E-state index contributed by atoms with van der Waals surface area (Å²) in [5, 5.41) is 17.9. The molecule has 5 amide bonds. The number of ether oxygens (including phenoxy) is 3. The Hall–Kier alpha value is -6.78. The highest BCUT2D eigenvalue weighted by atomic mass is 35.5. The number of aromatic nitrogens is 3. The Balaban J connectivity index is 0.690. The number of rotatable bonds is 25. The minimum atomic E-state index is -0.577. The maximum atomic E-state index is 14.2. The minimum absolute atomic E-state index is 0.0269. The molecule has 2 saturated heterocycles. The van der Waals surface area contributed by atoms with E-state index in [4.69, 9.17) is 42.4 Å². The SMILES string of the molecule is CN[C@@H](C)C(=O)N[C@H](C(=O)N1CCC[C@H]1c1nc(C(=O)c2ccc(OCCCCCCNC(=O)CN3CCN(c4ccc(Nc5cc(N(C)C(=O)Nc6c(Cl)c(OC)cc(OC)c6Cl)ncn5)cc4)CC3)cc2)cs1)C1CCCCC1. The molecule has 20 nitrogen and oxygen atoms in total. The molecule has 3 aliphatic rings. The predicted octanol–water partition coefficient (Wildman–Crippen LogP) is 9.11. The van der Waals surface area contributed by atoms with Gasteiger partial charge in [0.15, 0.2) is 0 Å². The van der Waals surface area contributed by atoms with E-state index in [2.05, 4.69) is 46.4 Å². The smallest absolute Gasteiger partial charge is 0.327 e. The number of piperazine rings is 1. The van der Waals surface area contributed by atoms with Gasteiger partial charge in [-0.3, -0.25) is 29.0 Å². The molecule has 8 rings (SSSR count). The van der Waals surface area contributed by atoms with Crippen molar-refractivity contribution in [1.29, 1.82) is 0 Å². The van der Waals surface area contributed by atoms with Gasteiger partial charge in [-0.25, -0.2) is 19.7 Å². The van der Waals surface area contributed by atoms with Crippen LogP contribution in [0.15, 0.2) is 72.4 Å². The van der Waals surface area contributed by atoms with Gasteiger partial charge >= 0.3 is 6.03 Å². The highest BCUT2D eigenvalue weighted by Crippen LogP contribution is 2.44. The summed E-state index contributed by atoms with van der Waals surface area (Å²) in [4.78, 5) is 87.9. The van der Waals surface area contributed by atoms with Crippen molar-refractivity contribution in [3.63, 3.8) is 0 Å². The number of likely N-dealkylation sites (N-methyl/N-ethyl adjacent to an activating group) is 1. The number of thiazole rings is 1. The van der Waals surface area contributed by atoms with Crippen molar-refractivity contribution >= 4 is 92.8 Å². The number of urea groups is 1. The van der Waals surface area contributed by atoms with Crippen molar-refractivity contribution in [3.8, 4) is 17.2 Å². The highest BCUT2D eigenvalue weighted by Gasteiger charge is 2.40. The number of carbonyl (C=O) groups is 5. The Bertz CT molecular complexity index is 2910. The van der Waals surface area contributed by atoms with Crippen LogP contribution in [0, 0.1) is 5.92 Å². The normalized spacial score (nSPS) is 16.5. The summed E-state index contributed by atoms with van der Waals surface area (Å²) in [7, 11) is 6.19. The third-order valence-electron chi connectivity index (χ3n) is 15.2. The van der Waals surface area contributed by atoms with Crippen LogP contribution >= 0.6 is 34.5 Å². The van der Waals surface area contributed by atoms with Gasteiger partial charge in [-0.1, -0.05) is 55.3 Å². The molecule has 23 heteroatoms. The number of likely N-dealkylation sites (tertiary alicyclic amines) is 1. The van der Waals surface area contributed by atoms with Gasteiger partial charge in [0.25, 0.3) is 0 Å². The molecule has 1 aliphatic carbocycles. The van der Waals surface area contributed by atoms with Crippen LogP contribution in [0.25, 0.3) is 0 Å². The van der Waals surface area contributed by atoms with E-state index >= 15 is 0 Å². The number of ketones is 1. The van der Waals surface area contributed by atoms with Crippen LogP contribution in [-0.4, -0.2) is 147 Å². The zero-order chi connectivity index (χ0) is 57.4. The van der Waals surface area contributed by atoms with E-state index < -0.39 is 18.1 Å². The van der Waals surface area contributed by atoms with Crippen LogP contribution in [0.5, 0.6) is 17.2 Å². The first kappa shape index (κ1) is 60.3. The fourth-order valence-electron chi connectivity index (χ4n) is 10.3. The first-order chi connectivity index (χ1) is 39.2. The topological polar surface area (TPSA) is 225 Å². The summed E-state index contributed by atoms with van der Waals surface area (Å²) in [6.07, 6.45) is 11.7. The lowest BCUT2D eigenvalue weighted by molar-refractivity contribution is -0.139. The van der Waals surface area contributed by atoms with E-state index in [-0.39, 0.29) is 62.7 Å². The summed E-state index contributed by atoms with van der Waals surface area (Å²) in [5.41, 5.74) is 2.88. The number of hydrogen-bond acceptors (Lipinski definition) is 16. The summed E-state index contributed by atoms with van der Waals surface area (Å²) < 4.78 is 16.6. The predicted molar refractivity (Wildman–Crippen MR) is 317 cm³/mol. The molecule has 3 fully saturated rings. The number of unbranched alkanes of at least 4 members (excludes halogenated alkanes) is 3. The molecule has 2 aliphatic heterocycles. The molecule has 4 heterocycles. The standard InChI is InChI=1S/C58H74Cl2N12O8S/c1-37(61-2)55(75)67-52(38-14-9-8-10-15-38)57(76)72-26-13-16-44(72)56-66-43(35-81-56)54(74)39-17-23-42(24-18-39)80-31-12-7-6-11-25-62-49(73)34-70-27-29-71(30-28-70)41-21-19-40(20-22-41)65-47-33-48(64-36-63-47)69(3)58(77)68-53-50(59)45(78-4)32-46(79-5)51(53)60/h17-24,32-33,35-38,44,52,61H,6-16,25-31,34H2,1-5H3,(H,62,73)(H,67,75)(H,68,77)(H,63,64,65)/t37-,44-,52-/m0/s1. The number of anilines is 5. The zero-order valence-electron chi connectivity index (χ0n) is 46.7. The van der Waals surface area contributed by atoms with Gasteiger partial charge in [-0.15, -0.1) is 11.3 Å². The lowest BCUT2D eigenvalue weighted by Crippen LogP contribution is -2.55. The molecule has 3 aromatic carbocycles. The Morgan fingerprint density at radius 2 is 1.53 bits per heavy atom. The molecule has 0 bridgehead atoms. The first-order valence-electron chi connectivity index (χ1n) is 27.8. The van der Waals surface area contributed by atoms with Gasteiger partial charge in [0, 0.05) is 80.8 Å². The van der Waals surface area contributed by atoms with Crippen molar-refractivity contribution in [1.82, 2.24) is 40.7 Å². The van der Waals surface area contributed by atoms with Crippen LogP contribution in [0.3, 0.4) is 0 Å². The second kappa shape index (κ2) is 29.3. The quantitative estimate of drug-likeness (QED) is 0.0271. The number of carbonyl (C=O) groups excluding carboxylic acids is 5.